The molecule has 0 aliphatic heterocycles. The fourth-order valence-corrected chi connectivity index (χ4v) is 2.66. The second-order valence-electron chi connectivity index (χ2n) is 5.87. The molecule has 0 saturated heterocycles. The summed E-state index contributed by atoms with van der Waals surface area (Å²) in [5.41, 5.74) is -1.77. The minimum absolute atomic E-state index is 0.134. The highest BCUT2D eigenvalue weighted by molar-refractivity contribution is 7.81. The van der Waals surface area contributed by atoms with Gasteiger partial charge in [-0.1, -0.05) is 20.8 Å². The van der Waals surface area contributed by atoms with Crippen LogP contribution in [0.1, 0.15) is 40.0 Å². The SMILES string of the molecule is CCC(S)Cn1c(=O)n(CC(S)CC)c(=O)n(CC(S)CC)c1=O. The molecule has 0 amide bonds. The number of hydrogen-bond acceptors (Lipinski definition) is 6. The Bertz CT molecular complexity index is 585. The van der Waals surface area contributed by atoms with Gasteiger partial charge in [-0.05, 0) is 19.3 Å². The molecule has 1 heterocycles. The van der Waals surface area contributed by atoms with Crippen molar-refractivity contribution >= 4 is 37.9 Å². The second-order valence-corrected chi connectivity index (χ2v) is 8.06. The fourth-order valence-electron chi connectivity index (χ4n) is 2.17. The van der Waals surface area contributed by atoms with Crippen LogP contribution in [0.25, 0.3) is 0 Å². The predicted molar refractivity (Wildman–Crippen MR) is 108 cm³/mol. The monoisotopic (exact) mass is 393 g/mol. The fraction of sp³-hybridized carbons (Fsp3) is 0.800. The van der Waals surface area contributed by atoms with E-state index in [0.29, 0.717) is 19.3 Å². The van der Waals surface area contributed by atoms with E-state index >= 15 is 0 Å². The van der Waals surface area contributed by atoms with Crippen LogP contribution in [0.15, 0.2) is 14.4 Å². The van der Waals surface area contributed by atoms with Crippen LogP contribution >= 0.6 is 37.9 Å². The minimum Gasteiger partial charge on any atom is -0.247 e. The van der Waals surface area contributed by atoms with E-state index in [-0.39, 0.29) is 35.4 Å². The van der Waals surface area contributed by atoms with Gasteiger partial charge in [-0.25, -0.2) is 28.1 Å². The molecule has 0 N–H and O–H groups in total. The van der Waals surface area contributed by atoms with Crippen molar-refractivity contribution in [3.8, 4) is 0 Å². The highest BCUT2D eigenvalue weighted by Crippen LogP contribution is 2.04. The van der Waals surface area contributed by atoms with E-state index in [1.165, 1.54) is 0 Å². The largest absolute Gasteiger partial charge is 0.336 e. The first-order valence-corrected chi connectivity index (χ1v) is 9.80. The average Bonchev–Trinajstić information content (AvgIpc) is 2.58. The summed E-state index contributed by atoms with van der Waals surface area (Å²) >= 11 is 13.1. The third-order valence-corrected chi connectivity index (χ3v) is 5.56. The quantitative estimate of drug-likeness (QED) is 0.554. The van der Waals surface area contributed by atoms with Gasteiger partial charge in [0.15, 0.2) is 0 Å². The van der Waals surface area contributed by atoms with Gasteiger partial charge in [0.2, 0.25) is 0 Å². The Balaban J connectivity index is 3.55. The summed E-state index contributed by atoms with van der Waals surface area (Å²) in [6, 6.07) is 0. The molecule has 0 saturated carbocycles. The molecule has 0 aliphatic rings. The molecule has 0 aromatic carbocycles. The zero-order valence-electron chi connectivity index (χ0n) is 14.4. The van der Waals surface area contributed by atoms with Crippen LogP contribution in [0.2, 0.25) is 0 Å². The van der Waals surface area contributed by atoms with Gasteiger partial charge in [0.1, 0.15) is 0 Å². The van der Waals surface area contributed by atoms with Gasteiger partial charge < -0.3 is 0 Å². The van der Waals surface area contributed by atoms with Crippen molar-refractivity contribution in [2.45, 2.75) is 75.4 Å². The van der Waals surface area contributed by atoms with Crippen LogP contribution in [0, 0.1) is 0 Å². The predicted octanol–water partition coefficient (Wildman–Crippen LogP) is 1.30. The molecule has 24 heavy (non-hydrogen) atoms. The standard InChI is InChI=1S/C15H27N3O3S3/c1-4-10(22)7-16-13(19)17(8-11(23)5-2)15(21)18(14(16)20)9-12(24)6-3/h10-12,22-24H,4-9H2,1-3H3. The summed E-state index contributed by atoms with van der Waals surface area (Å²) in [6.45, 7) is 6.30. The molecule has 0 fully saturated rings. The number of rotatable bonds is 9. The topological polar surface area (TPSA) is 66.0 Å². The maximum absolute atomic E-state index is 12.6. The van der Waals surface area contributed by atoms with Gasteiger partial charge in [-0.3, -0.25) is 0 Å². The minimum atomic E-state index is -0.589. The molecule has 0 aliphatic carbocycles. The summed E-state index contributed by atoms with van der Waals surface area (Å²) < 4.78 is 3.32. The Hall–Kier alpha value is -0.540. The van der Waals surface area contributed by atoms with Crippen LogP contribution in [0.3, 0.4) is 0 Å². The van der Waals surface area contributed by atoms with Crippen molar-refractivity contribution in [3.05, 3.63) is 31.5 Å². The molecule has 6 nitrogen and oxygen atoms in total. The third-order valence-electron chi connectivity index (χ3n) is 3.98. The zero-order valence-corrected chi connectivity index (χ0v) is 17.1. The Morgan fingerprint density at radius 2 is 0.833 bits per heavy atom. The Labute approximate surface area is 158 Å². The molecule has 0 bridgehead atoms. The van der Waals surface area contributed by atoms with E-state index in [0.717, 1.165) is 13.7 Å². The first kappa shape index (κ1) is 21.5. The van der Waals surface area contributed by atoms with Crippen LogP contribution in [0.4, 0.5) is 0 Å². The van der Waals surface area contributed by atoms with E-state index in [2.05, 4.69) is 37.9 Å². The summed E-state index contributed by atoms with van der Waals surface area (Å²) in [5.74, 6) is 0. The van der Waals surface area contributed by atoms with Gasteiger partial charge in [-0.15, -0.1) is 0 Å². The molecular formula is C15H27N3O3S3. The van der Waals surface area contributed by atoms with Gasteiger partial charge in [-0.2, -0.15) is 37.9 Å². The van der Waals surface area contributed by atoms with Gasteiger partial charge in [0, 0.05) is 35.4 Å². The lowest BCUT2D eigenvalue weighted by Gasteiger charge is -2.18. The van der Waals surface area contributed by atoms with Gasteiger partial charge >= 0.3 is 17.1 Å². The summed E-state index contributed by atoms with van der Waals surface area (Å²) in [4.78, 5) is 37.9. The van der Waals surface area contributed by atoms with E-state index < -0.39 is 17.1 Å². The number of aromatic nitrogens is 3. The van der Waals surface area contributed by atoms with Crippen molar-refractivity contribution in [1.29, 1.82) is 0 Å². The summed E-state index contributed by atoms with van der Waals surface area (Å²) in [7, 11) is 0. The third kappa shape index (κ3) is 5.23. The Kier molecular flexibility index (Phi) is 8.80. The van der Waals surface area contributed by atoms with Crippen molar-refractivity contribution in [2.75, 3.05) is 0 Å². The van der Waals surface area contributed by atoms with E-state index in [4.69, 9.17) is 0 Å². The first-order valence-electron chi connectivity index (χ1n) is 8.25. The highest BCUT2D eigenvalue weighted by atomic mass is 32.1. The Morgan fingerprint density at radius 3 is 1.00 bits per heavy atom. The number of thiol groups is 3. The normalized spacial score (nSPS) is 15.2. The average molecular weight is 394 g/mol. The maximum Gasteiger partial charge on any atom is 0.336 e. The molecule has 1 rings (SSSR count). The van der Waals surface area contributed by atoms with Crippen LogP contribution in [0.5, 0.6) is 0 Å². The van der Waals surface area contributed by atoms with Crippen LogP contribution in [-0.4, -0.2) is 29.5 Å². The zero-order chi connectivity index (χ0) is 18.4. The lowest BCUT2D eigenvalue weighted by Crippen LogP contribution is -2.56. The molecule has 9 heteroatoms. The number of nitrogens with zero attached hydrogens (tertiary/aromatic N) is 3. The Morgan fingerprint density at radius 1 is 0.625 bits per heavy atom. The molecule has 0 spiro atoms. The molecule has 1 aromatic rings. The van der Waals surface area contributed by atoms with Crippen molar-refractivity contribution in [1.82, 2.24) is 13.7 Å². The van der Waals surface area contributed by atoms with E-state index in [1.807, 2.05) is 20.8 Å². The van der Waals surface area contributed by atoms with E-state index in [1.54, 1.807) is 0 Å². The maximum atomic E-state index is 12.6. The molecule has 138 valence electrons. The lowest BCUT2D eigenvalue weighted by molar-refractivity contribution is 0.432. The molecule has 3 atom stereocenters. The van der Waals surface area contributed by atoms with Crippen molar-refractivity contribution in [3.63, 3.8) is 0 Å². The van der Waals surface area contributed by atoms with E-state index in [9.17, 15) is 14.4 Å². The van der Waals surface area contributed by atoms with Crippen LogP contribution < -0.4 is 17.1 Å². The van der Waals surface area contributed by atoms with Crippen LogP contribution in [-0.2, 0) is 19.6 Å². The highest BCUT2D eigenvalue weighted by Gasteiger charge is 2.19. The second kappa shape index (κ2) is 9.82. The number of hydrogen-bond donors (Lipinski definition) is 3. The molecular weight excluding hydrogens is 366 g/mol. The van der Waals surface area contributed by atoms with Crippen molar-refractivity contribution in [2.24, 2.45) is 0 Å². The molecule has 3 unspecified atom stereocenters. The van der Waals surface area contributed by atoms with Gasteiger partial charge in [0.05, 0.1) is 0 Å². The van der Waals surface area contributed by atoms with Gasteiger partial charge in [0.25, 0.3) is 0 Å². The summed E-state index contributed by atoms with van der Waals surface area (Å²) in [6.07, 6.45) is 2.13. The molecule has 1 aromatic heterocycles. The smallest absolute Gasteiger partial charge is 0.247 e. The lowest BCUT2D eigenvalue weighted by atomic mass is 10.3. The first-order chi connectivity index (χ1) is 11.3. The molecule has 0 radical (unpaired) electrons. The van der Waals surface area contributed by atoms with Crippen molar-refractivity contribution < 1.29 is 0 Å². The summed E-state index contributed by atoms with van der Waals surface area (Å²) in [5, 5.41) is -0.401.